The molecule has 0 saturated heterocycles. The summed E-state index contributed by atoms with van der Waals surface area (Å²) < 4.78 is 2.29. The summed E-state index contributed by atoms with van der Waals surface area (Å²) in [4.78, 5) is 3.32. The van der Waals surface area contributed by atoms with Gasteiger partial charge in [0.1, 0.15) is 6.54 Å². The molecule has 3 rings (SSSR count). The number of fused-ring (bicyclic) bond motifs is 1. The number of H-pyrrole nitrogens is 1. The van der Waals surface area contributed by atoms with E-state index < -0.39 is 0 Å². The number of aryl methyl sites for hydroxylation is 1. The molecule has 1 aromatic carbocycles. The molecule has 2 heterocycles. The highest BCUT2D eigenvalue weighted by molar-refractivity contribution is 5.91. The van der Waals surface area contributed by atoms with Crippen LogP contribution < -0.4 is 4.57 Å². The summed E-state index contributed by atoms with van der Waals surface area (Å²) in [5.74, 6) is 0. The van der Waals surface area contributed by atoms with E-state index in [4.69, 9.17) is 0 Å². The highest BCUT2D eigenvalue weighted by Crippen LogP contribution is 2.19. The van der Waals surface area contributed by atoms with Crippen molar-refractivity contribution >= 4 is 23.1 Å². The summed E-state index contributed by atoms with van der Waals surface area (Å²) in [6, 6.07) is 12.8. The van der Waals surface area contributed by atoms with E-state index in [1.165, 1.54) is 54.1 Å². The van der Waals surface area contributed by atoms with Crippen LogP contribution in [0.4, 0.5) is 0 Å². The molecule has 0 bridgehead atoms. The third-order valence-corrected chi connectivity index (χ3v) is 4.51. The SMILES string of the molecule is CCCCCCC[n+]1ccc(/C=C/c2c[nH]c3ccccc23)cc1. The van der Waals surface area contributed by atoms with Crippen molar-refractivity contribution in [1.82, 2.24) is 4.98 Å². The van der Waals surface area contributed by atoms with Crippen molar-refractivity contribution in [2.24, 2.45) is 0 Å². The molecule has 0 aliphatic rings. The van der Waals surface area contributed by atoms with E-state index in [1.54, 1.807) is 0 Å². The monoisotopic (exact) mass is 319 g/mol. The molecule has 0 fully saturated rings. The standard InChI is InChI=1S/C22H26N2/c1-2-3-4-5-8-15-24-16-13-19(14-17-24)11-12-20-18-23-22-10-7-6-9-21(20)22/h6-7,9-14,16-18H,2-5,8,15H2,1H3/p+1. The van der Waals surface area contributed by atoms with Gasteiger partial charge in [-0.2, -0.15) is 0 Å². The normalized spacial score (nSPS) is 11.5. The number of pyridine rings is 1. The second-order valence-corrected chi connectivity index (χ2v) is 6.41. The number of hydrogen-bond donors (Lipinski definition) is 1. The molecule has 0 amide bonds. The average Bonchev–Trinajstić information content (AvgIpc) is 3.04. The summed E-state index contributed by atoms with van der Waals surface area (Å²) in [5.41, 5.74) is 3.66. The van der Waals surface area contributed by atoms with Crippen LogP contribution in [0, 0.1) is 0 Å². The molecule has 3 aromatic rings. The number of aromatic amines is 1. The van der Waals surface area contributed by atoms with Gasteiger partial charge in [0, 0.05) is 35.7 Å². The summed E-state index contributed by atoms with van der Waals surface area (Å²) in [5, 5.41) is 1.27. The van der Waals surface area contributed by atoms with Crippen LogP contribution in [-0.4, -0.2) is 4.98 Å². The maximum Gasteiger partial charge on any atom is 0.169 e. The van der Waals surface area contributed by atoms with Gasteiger partial charge in [0.05, 0.1) is 0 Å². The van der Waals surface area contributed by atoms with Crippen molar-refractivity contribution in [3.63, 3.8) is 0 Å². The number of nitrogens with one attached hydrogen (secondary N) is 1. The van der Waals surface area contributed by atoms with E-state index >= 15 is 0 Å². The van der Waals surface area contributed by atoms with Crippen LogP contribution in [0.3, 0.4) is 0 Å². The van der Waals surface area contributed by atoms with E-state index in [9.17, 15) is 0 Å². The number of benzene rings is 1. The van der Waals surface area contributed by atoms with Crippen LogP contribution in [0.15, 0.2) is 55.0 Å². The molecule has 0 unspecified atom stereocenters. The number of rotatable bonds is 8. The van der Waals surface area contributed by atoms with Crippen molar-refractivity contribution in [2.75, 3.05) is 0 Å². The van der Waals surface area contributed by atoms with Gasteiger partial charge in [-0.3, -0.25) is 0 Å². The average molecular weight is 319 g/mol. The van der Waals surface area contributed by atoms with Crippen molar-refractivity contribution in [1.29, 1.82) is 0 Å². The van der Waals surface area contributed by atoms with E-state index in [0.29, 0.717) is 0 Å². The zero-order valence-corrected chi connectivity index (χ0v) is 14.5. The van der Waals surface area contributed by atoms with Gasteiger partial charge in [-0.15, -0.1) is 0 Å². The van der Waals surface area contributed by atoms with Gasteiger partial charge in [0.15, 0.2) is 12.4 Å². The Bertz CT molecular complexity index is 781. The van der Waals surface area contributed by atoms with Crippen LogP contribution in [-0.2, 0) is 6.54 Å². The van der Waals surface area contributed by atoms with Gasteiger partial charge in [-0.1, -0.05) is 56.5 Å². The molecule has 2 aromatic heterocycles. The van der Waals surface area contributed by atoms with Gasteiger partial charge in [0.2, 0.25) is 0 Å². The highest BCUT2D eigenvalue weighted by Gasteiger charge is 2.01. The first-order valence-corrected chi connectivity index (χ1v) is 9.10. The second-order valence-electron chi connectivity index (χ2n) is 6.41. The van der Waals surface area contributed by atoms with Gasteiger partial charge in [-0.05, 0) is 23.6 Å². The molecular formula is C22H27N2+. The van der Waals surface area contributed by atoms with Crippen LogP contribution in [0.2, 0.25) is 0 Å². The number of para-hydroxylation sites is 1. The quantitative estimate of drug-likeness (QED) is 0.412. The minimum absolute atomic E-state index is 1.12. The van der Waals surface area contributed by atoms with Crippen LogP contribution in [0.1, 0.15) is 50.2 Å². The minimum atomic E-state index is 1.12. The molecule has 2 heteroatoms. The first-order chi connectivity index (χ1) is 11.9. The molecule has 124 valence electrons. The number of hydrogen-bond acceptors (Lipinski definition) is 0. The minimum Gasteiger partial charge on any atom is -0.361 e. The number of aromatic nitrogens is 2. The Morgan fingerprint density at radius 2 is 1.71 bits per heavy atom. The van der Waals surface area contributed by atoms with Gasteiger partial charge >= 0.3 is 0 Å². The van der Waals surface area contributed by atoms with E-state index in [1.807, 2.05) is 0 Å². The predicted octanol–water partition coefficient (Wildman–Crippen LogP) is 5.60. The third kappa shape index (κ3) is 4.35. The molecule has 0 atom stereocenters. The second kappa shape index (κ2) is 8.49. The Morgan fingerprint density at radius 1 is 0.917 bits per heavy atom. The number of unbranched alkanes of at least 4 members (excludes halogenated alkanes) is 4. The van der Waals surface area contributed by atoms with Crippen LogP contribution in [0.25, 0.3) is 23.1 Å². The predicted molar refractivity (Wildman–Crippen MR) is 103 cm³/mol. The first kappa shape index (κ1) is 16.5. The fraction of sp³-hybridized carbons (Fsp3) is 0.318. The Balaban J connectivity index is 1.57. The first-order valence-electron chi connectivity index (χ1n) is 9.10. The molecule has 1 N–H and O–H groups in total. The van der Waals surface area contributed by atoms with Crippen molar-refractivity contribution in [3.05, 3.63) is 66.1 Å². The Labute approximate surface area is 144 Å². The summed E-state index contributed by atoms with van der Waals surface area (Å²) in [6.07, 6.45) is 17.5. The largest absolute Gasteiger partial charge is 0.361 e. The Hall–Kier alpha value is -2.35. The van der Waals surface area contributed by atoms with E-state index in [-0.39, 0.29) is 0 Å². The molecule has 2 nitrogen and oxygen atoms in total. The lowest BCUT2D eigenvalue weighted by Crippen LogP contribution is -2.32. The van der Waals surface area contributed by atoms with Crippen molar-refractivity contribution in [3.8, 4) is 0 Å². The van der Waals surface area contributed by atoms with E-state index in [2.05, 4.69) is 83.6 Å². The van der Waals surface area contributed by atoms with Crippen LogP contribution >= 0.6 is 0 Å². The van der Waals surface area contributed by atoms with Gasteiger partial charge in [-0.25, -0.2) is 4.57 Å². The molecule has 24 heavy (non-hydrogen) atoms. The lowest BCUT2D eigenvalue weighted by Gasteiger charge is -1.98. The molecular weight excluding hydrogens is 292 g/mol. The van der Waals surface area contributed by atoms with E-state index in [0.717, 1.165) is 6.54 Å². The van der Waals surface area contributed by atoms with Crippen LogP contribution in [0.5, 0.6) is 0 Å². The third-order valence-electron chi connectivity index (χ3n) is 4.51. The summed E-state index contributed by atoms with van der Waals surface area (Å²) in [6.45, 7) is 3.38. The van der Waals surface area contributed by atoms with Crippen molar-refractivity contribution < 1.29 is 4.57 Å². The molecule has 0 spiro atoms. The summed E-state index contributed by atoms with van der Waals surface area (Å²) in [7, 11) is 0. The number of nitrogens with zero attached hydrogens (tertiary/aromatic N) is 1. The van der Waals surface area contributed by atoms with Gasteiger partial charge in [0.25, 0.3) is 0 Å². The lowest BCUT2D eigenvalue weighted by molar-refractivity contribution is -0.697. The fourth-order valence-corrected chi connectivity index (χ4v) is 3.04. The molecule has 0 radical (unpaired) electrons. The van der Waals surface area contributed by atoms with Gasteiger partial charge < -0.3 is 4.98 Å². The molecule has 0 aliphatic carbocycles. The zero-order valence-electron chi connectivity index (χ0n) is 14.5. The Kier molecular flexibility index (Phi) is 5.84. The van der Waals surface area contributed by atoms with Crippen molar-refractivity contribution in [2.45, 2.75) is 45.6 Å². The summed E-state index contributed by atoms with van der Waals surface area (Å²) >= 11 is 0. The smallest absolute Gasteiger partial charge is 0.169 e. The zero-order chi connectivity index (χ0) is 16.6. The fourth-order valence-electron chi connectivity index (χ4n) is 3.04. The molecule has 0 aliphatic heterocycles. The lowest BCUT2D eigenvalue weighted by atomic mass is 10.1. The highest BCUT2D eigenvalue weighted by atomic mass is 14.9. The Morgan fingerprint density at radius 3 is 2.54 bits per heavy atom. The topological polar surface area (TPSA) is 19.7 Å². The molecule has 0 saturated carbocycles. The maximum atomic E-state index is 3.32. The maximum absolute atomic E-state index is 3.32.